The minimum Gasteiger partial charge on any atom is -0.465 e. The maximum absolute atomic E-state index is 11.9. The van der Waals surface area contributed by atoms with Crippen LogP contribution in [0.15, 0.2) is 17.1 Å². The van der Waals surface area contributed by atoms with E-state index < -0.39 is 5.97 Å². The Hall–Kier alpha value is -1.85. The number of nitrogens with zero attached hydrogens (tertiary/aromatic N) is 3. The van der Waals surface area contributed by atoms with E-state index >= 15 is 0 Å². The molecule has 0 unspecified atom stereocenters. The summed E-state index contributed by atoms with van der Waals surface area (Å²) < 4.78 is 5.93. The standard InChI is InChI=1S/C13H19N3O3/c1-2-19-13(18)10-16-12(17)8-11(9-14-16)15-6-4-3-5-7-15/h8-9H,2-7,10H2,1H3. The van der Waals surface area contributed by atoms with E-state index in [4.69, 9.17) is 4.74 Å². The van der Waals surface area contributed by atoms with E-state index in [1.54, 1.807) is 13.1 Å². The minimum atomic E-state index is -0.442. The highest BCUT2D eigenvalue weighted by atomic mass is 16.5. The molecule has 19 heavy (non-hydrogen) atoms. The van der Waals surface area contributed by atoms with E-state index in [1.807, 2.05) is 0 Å². The van der Waals surface area contributed by atoms with Crippen molar-refractivity contribution in [1.29, 1.82) is 0 Å². The molecule has 1 saturated heterocycles. The molecule has 104 valence electrons. The van der Waals surface area contributed by atoms with Crippen LogP contribution in [0.1, 0.15) is 26.2 Å². The first-order chi connectivity index (χ1) is 9.20. The zero-order chi connectivity index (χ0) is 13.7. The molecule has 6 heteroatoms. The molecule has 0 aromatic carbocycles. The first-order valence-corrected chi connectivity index (χ1v) is 6.68. The first kappa shape index (κ1) is 13.6. The predicted molar refractivity (Wildman–Crippen MR) is 71.2 cm³/mol. The lowest BCUT2D eigenvalue weighted by Gasteiger charge is -2.28. The van der Waals surface area contributed by atoms with Crippen LogP contribution in [0.25, 0.3) is 0 Å². The molecular formula is C13H19N3O3. The Kier molecular flexibility index (Phi) is 4.54. The van der Waals surface area contributed by atoms with E-state index in [9.17, 15) is 9.59 Å². The van der Waals surface area contributed by atoms with Crippen LogP contribution in [0.2, 0.25) is 0 Å². The summed E-state index contributed by atoms with van der Waals surface area (Å²) in [6, 6.07) is 1.54. The zero-order valence-electron chi connectivity index (χ0n) is 11.2. The Morgan fingerprint density at radius 2 is 2.11 bits per heavy atom. The lowest BCUT2D eigenvalue weighted by molar-refractivity contribution is -0.144. The third-order valence-corrected chi connectivity index (χ3v) is 3.16. The number of ether oxygens (including phenoxy) is 1. The van der Waals surface area contributed by atoms with Gasteiger partial charge in [0.2, 0.25) is 0 Å². The number of aromatic nitrogens is 2. The highest BCUT2D eigenvalue weighted by Crippen LogP contribution is 2.16. The van der Waals surface area contributed by atoms with Crippen LogP contribution in [-0.2, 0) is 16.1 Å². The molecule has 1 aromatic heterocycles. The summed E-state index contributed by atoms with van der Waals surface area (Å²) in [7, 11) is 0. The van der Waals surface area contributed by atoms with Crippen molar-refractivity contribution in [2.45, 2.75) is 32.7 Å². The molecule has 0 N–H and O–H groups in total. The Balaban J connectivity index is 2.08. The molecule has 1 aliphatic rings. The fourth-order valence-corrected chi connectivity index (χ4v) is 2.20. The number of hydrogen-bond donors (Lipinski definition) is 0. The summed E-state index contributed by atoms with van der Waals surface area (Å²) in [5, 5.41) is 4.04. The van der Waals surface area contributed by atoms with Gasteiger partial charge in [0, 0.05) is 19.2 Å². The van der Waals surface area contributed by atoms with Gasteiger partial charge in [-0.05, 0) is 26.2 Å². The smallest absolute Gasteiger partial charge is 0.327 e. The highest BCUT2D eigenvalue weighted by Gasteiger charge is 2.13. The van der Waals surface area contributed by atoms with Crippen molar-refractivity contribution in [1.82, 2.24) is 9.78 Å². The van der Waals surface area contributed by atoms with Gasteiger partial charge in [0.25, 0.3) is 5.56 Å². The van der Waals surface area contributed by atoms with Crippen LogP contribution in [0.4, 0.5) is 5.69 Å². The number of rotatable bonds is 4. The quantitative estimate of drug-likeness (QED) is 0.753. The van der Waals surface area contributed by atoms with Crippen LogP contribution in [-0.4, -0.2) is 35.4 Å². The van der Waals surface area contributed by atoms with Gasteiger partial charge < -0.3 is 9.64 Å². The second-order valence-corrected chi connectivity index (χ2v) is 4.56. The Morgan fingerprint density at radius 1 is 1.37 bits per heavy atom. The third kappa shape index (κ3) is 3.56. The molecule has 0 bridgehead atoms. The molecular weight excluding hydrogens is 246 g/mol. The summed E-state index contributed by atoms with van der Waals surface area (Å²) in [6.07, 6.45) is 5.17. The van der Waals surface area contributed by atoms with Gasteiger partial charge in [-0.2, -0.15) is 5.10 Å². The number of esters is 1. The summed E-state index contributed by atoms with van der Waals surface area (Å²) >= 11 is 0. The van der Waals surface area contributed by atoms with E-state index in [-0.39, 0.29) is 12.1 Å². The average Bonchev–Trinajstić information content (AvgIpc) is 2.42. The van der Waals surface area contributed by atoms with E-state index in [0.29, 0.717) is 6.61 Å². The Morgan fingerprint density at radius 3 is 2.74 bits per heavy atom. The number of hydrogen-bond acceptors (Lipinski definition) is 5. The van der Waals surface area contributed by atoms with Gasteiger partial charge in [0.15, 0.2) is 0 Å². The molecule has 0 saturated carbocycles. The first-order valence-electron chi connectivity index (χ1n) is 6.68. The van der Waals surface area contributed by atoms with Crippen molar-refractivity contribution in [3.05, 3.63) is 22.6 Å². The summed E-state index contributed by atoms with van der Waals surface area (Å²) in [4.78, 5) is 25.4. The summed E-state index contributed by atoms with van der Waals surface area (Å²) in [5.74, 6) is -0.442. The number of carbonyl (C=O) groups is 1. The maximum Gasteiger partial charge on any atom is 0.327 e. The van der Waals surface area contributed by atoms with Gasteiger partial charge in [-0.1, -0.05) is 0 Å². The van der Waals surface area contributed by atoms with E-state index in [2.05, 4.69) is 10.00 Å². The second-order valence-electron chi connectivity index (χ2n) is 4.56. The Labute approximate surface area is 112 Å². The van der Waals surface area contributed by atoms with Gasteiger partial charge in [-0.15, -0.1) is 0 Å². The molecule has 0 spiro atoms. The summed E-state index contributed by atoms with van der Waals surface area (Å²) in [6.45, 7) is 3.83. The lowest BCUT2D eigenvalue weighted by Crippen LogP contribution is -2.33. The minimum absolute atomic E-state index is 0.132. The zero-order valence-corrected chi connectivity index (χ0v) is 11.2. The largest absolute Gasteiger partial charge is 0.465 e. The van der Waals surface area contributed by atoms with Gasteiger partial charge in [-0.25, -0.2) is 4.68 Å². The number of anilines is 1. The van der Waals surface area contributed by atoms with Gasteiger partial charge in [0.05, 0.1) is 18.5 Å². The van der Waals surface area contributed by atoms with Crippen molar-refractivity contribution in [3.8, 4) is 0 Å². The SMILES string of the molecule is CCOC(=O)Cn1ncc(N2CCCCC2)cc1=O. The predicted octanol–water partition coefficient (Wildman–Crippen LogP) is 0.797. The normalized spacial score (nSPS) is 15.3. The fourth-order valence-electron chi connectivity index (χ4n) is 2.20. The lowest BCUT2D eigenvalue weighted by atomic mass is 10.1. The molecule has 0 radical (unpaired) electrons. The van der Waals surface area contributed by atoms with Crippen LogP contribution in [0.3, 0.4) is 0 Å². The molecule has 6 nitrogen and oxygen atoms in total. The second kappa shape index (κ2) is 6.36. The van der Waals surface area contributed by atoms with Crippen molar-refractivity contribution in [3.63, 3.8) is 0 Å². The molecule has 1 aliphatic heterocycles. The van der Waals surface area contributed by atoms with Crippen molar-refractivity contribution >= 4 is 11.7 Å². The summed E-state index contributed by atoms with van der Waals surface area (Å²) in [5.41, 5.74) is 0.570. The van der Waals surface area contributed by atoms with Gasteiger partial charge >= 0.3 is 5.97 Å². The maximum atomic E-state index is 11.9. The average molecular weight is 265 g/mol. The molecule has 0 atom stereocenters. The molecule has 0 amide bonds. The van der Waals surface area contributed by atoms with Crippen LogP contribution < -0.4 is 10.5 Å². The van der Waals surface area contributed by atoms with Crippen molar-refractivity contribution in [2.24, 2.45) is 0 Å². The topological polar surface area (TPSA) is 64.4 Å². The van der Waals surface area contributed by atoms with Gasteiger partial charge in [0.1, 0.15) is 6.54 Å². The molecule has 2 rings (SSSR count). The molecule has 1 aromatic rings. The number of piperidine rings is 1. The van der Waals surface area contributed by atoms with Crippen molar-refractivity contribution in [2.75, 3.05) is 24.6 Å². The number of carbonyl (C=O) groups excluding carboxylic acids is 1. The van der Waals surface area contributed by atoms with E-state index in [1.165, 1.54) is 12.5 Å². The van der Waals surface area contributed by atoms with E-state index in [0.717, 1.165) is 36.3 Å². The molecule has 1 fully saturated rings. The van der Waals surface area contributed by atoms with Crippen LogP contribution >= 0.6 is 0 Å². The highest BCUT2D eigenvalue weighted by molar-refractivity contribution is 5.69. The third-order valence-electron chi connectivity index (χ3n) is 3.16. The van der Waals surface area contributed by atoms with Crippen LogP contribution in [0, 0.1) is 0 Å². The Bertz CT molecular complexity index is 492. The monoisotopic (exact) mass is 265 g/mol. The van der Waals surface area contributed by atoms with Crippen LogP contribution in [0.5, 0.6) is 0 Å². The van der Waals surface area contributed by atoms with Gasteiger partial charge in [-0.3, -0.25) is 9.59 Å². The fraction of sp³-hybridized carbons (Fsp3) is 0.615. The molecule has 0 aliphatic carbocycles. The van der Waals surface area contributed by atoms with Crippen molar-refractivity contribution < 1.29 is 9.53 Å². The molecule has 2 heterocycles.